The number of nitriles is 2. The second-order valence-corrected chi connectivity index (χ2v) is 11.7. The van der Waals surface area contributed by atoms with Gasteiger partial charge in [-0.2, -0.15) is 20.8 Å². The Hall–Kier alpha value is -3.00. The zero-order valence-corrected chi connectivity index (χ0v) is 21.4. The standard InChI is InChI=1S/C28H38N6O2/c1-27(17-29,9-7-25(35)31-15-23-13-19-3-5-21(23)11-19)33-34-28(2,18-30)10-8-26(36)32-16-24-14-20-4-6-22(24)12-20/h3-6,19-24H,7-16H2,1-2H3,(H,31,35)(H,32,36). The zero-order chi connectivity index (χ0) is 25.8. The lowest BCUT2D eigenvalue weighted by Crippen LogP contribution is -2.33. The molecule has 36 heavy (non-hydrogen) atoms. The fraction of sp³-hybridized carbons (Fsp3) is 0.714. The van der Waals surface area contributed by atoms with Gasteiger partial charge in [0.1, 0.15) is 0 Å². The molecule has 4 bridgehead atoms. The SMILES string of the molecule is CC(C#N)(CCC(=O)NCC1CC2C=CC1C2)N=NC(C)(C#N)CCC(=O)NCC1CC2C=CC1C2. The van der Waals surface area contributed by atoms with Crippen molar-refractivity contribution in [1.82, 2.24) is 10.6 Å². The molecule has 0 radical (unpaired) electrons. The maximum absolute atomic E-state index is 12.4. The fourth-order valence-electron chi connectivity index (χ4n) is 6.12. The van der Waals surface area contributed by atoms with Crippen LogP contribution in [0.2, 0.25) is 0 Å². The number of fused-ring (bicyclic) bond motifs is 4. The molecule has 0 saturated heterocycles. The zero-order valence-electron chi connectivity index (χ0n) is 21.4. The lowest BCUT2D eigenvalue weighted by atomic mass is 9.93. The minimum absolute atomic E-state index is 0.0934. The number of allylic oxidation sites excluding steroid dienone is 4. The van der Waals surface area contributed by atoms with Gasteiger partial charge in [-0.1, -0.05) is 24.3 Å². The quantitative estimate of drug-likeness (QED) is 0.313. The van der Waals surface area contributed by atoms with E-state index in [1.54, 1.807) is 13.8 Å². The van der Waals surface area contributed by atoms with Crippen LogP contribution >= 0.6 is 0 Å². The molecule has 2 amide bonds. The maximum atomic E-state index is 12.4. The first kappa shape index (κ1) is 26.1. The molecular formula is C28H38N6O2. The summed E-state index contributed by atoms with van der Waals surface area (Å²) in [4.78, 5) is 24.8. The van der Waals surface area contributed by atoms with E-state index < -0.39 is 11.1 Å². The summed E-state index contributed by atoms with van der Waals surface area (Å²) in [5, 5.41) is 33.8. The van der Waals surface area contributed by atoms with Crippen LogP contribution in [0.5, 0.6) is 0 Å². The Labute approximate surface area is 214 Å². The van der Waals surface area contributed by atoms with Crippen LogP contribution in [0.4, 0.5) is 0 Å². The molecule has 0 heterocycles. The number of rotatable bonds is 12. The van der Waals surface area contributed by atoms with Gasteiger partial charge >= 0.3 is 0 Å². The Morgan fingerprint density at radius 1 is 0.778 bits per heavy atom. The van der Waals surface area contributed by atoms with Crippen molar-refractivity contribution in [2.45, 2.75) is 76.3 Å². The molecule has 192 valence electrons. The first-order chi connectivity index (χ1) is 17.2. The van der Waals surface area contributed by atoms with E-state index in [9.17, 15) is 20.1 Å². The number of hydrogen-bond acceptors (Lipinski definition) is 6. The van der Waals surface area contributed by atoms with E-state index >= 15 is 0 Å². The first-order valence-corrected chi connectivity index (χ1v) is 13.4. The van der Waals surface area contributed by atoms with E-state index in [2.05, 4.69) is 57.3 Å². The molecule has 4 aliphatic carbocycles. The van der Waals surface area contributed by atoms with Crippen LogP contribution in [0.25, 0.3) is 0 Å². The molecule has 2 fully saturated rings. The van der Waals surface area contributed by atoms with Gasteiger partial charge in [0, 0.05) is 25.9 Å². The molecule has 0 aliphatic heterocycles. The minimum Gasteiger partial charge on any atom is -0.356 e. The number of carbonyl (C=O) groups is 2. The highest BCUT2D eigenvalue weighted by Crippen LogP contribution is 2.43. The largest absolute Gasteiger partial charge is 0.356 e. The molecule has 8 heteroatoms. The Kier molecular flexibility index (Phi) is 7.93. The van der Waals surface area contributed by atoms with Crippen molar-refractivity contribution in [3.8, 4) is 12.1 Å². The summed E-state index contributed by atoms with van der Waals surface area (Å²) in [5.74, 6) is 3.31. The molecule has 0 aromatic carbocycles. The van der Waals surface area contributed by atoms with Crippen LogP contribution in [0.1, 0.15) is 65.2 Å². The predicted molar refractivity (Wildman–Crippen MR) is 135 cm³/mol. The summed E-state index contributed by atoms with van der Waals surface area (Å²) in [7, 11) is 0. The van der Waals surface area contributed by atoms with Gasteiger partial charge in [-0.3, -0.25) is 9.59 Å². The van der Waals surface area contributed by atoms with Crippen LogP contribution in [0.3, 0.4) is 0 Å². The van der Waals surface area contributed by atoms with Crippen LogP contribution in [0.15, 0.2) is 34.5 Å². The second-order valence-electron chi connectivity index (χ2n) is 11.7. The Morgan fingerprint density at radius 2 is 1.19 bits per heavy atom. The predicted octanol–water partition coefficient (Wildman–Crippen LogP) is 4.22. The third kappa shape index (κ3) is 6.40. The molecule has 8 unspecified atom stereocenters. The molecule has 8 nitrogen and oxygen atoms in total. The maximum Gasteiger partial charge on any atom is 0.220 e. The lowest BCUT2D eigenvalue weighted by Gasteiger charge is -2.21. The van der Waals surface area contributed by atoms with Crippen molar-refractivity contribution < 1.29 is 9.59 Å². The molecule has 0 aromatic rings. The van der Waals surface area contributed by atoms with Crippen molar-refractivity contribution in [2.75, 3.05) is 13.1 Å². The number of azo groups is 1. The average Bonchev–Trinajstić information content (AvgIpc) is 3.70. The van der Waals surface area contributed by atoms with Crippen molar-refractivity contribution >= 4 is 11.8 Å². The smallest absolute Gasteiger partial charge is 0.220 e. The molecule has 4 aliphatic rings. The van der Waals surface area contributed by atoms with E-state index in [1.165, 1.54) is 12.8 Å². The topological polar surface area (TPSA) is 130 Å². The third-order valence-corrected chi connectivity index (χ3v) is 8.61. The van der Waals surface area contributed by atoms with Gasteiger partial charge in [0.05, 0.1) is 12.1 Å². The van der Waals surface area contributed by atoms with Crippen LogP contribution in [-0.4, -0.2) is 36.0 Å². The van der Waals surface area contributed by atoms with E-state index in [0.717, 1.165) is 12.8 Å². The highest BCUT2D eigenvalue weighted by atomic mass is 16.2. The van der Waals surface area contributed by atoms with Crippen LogP contribution in [-0.2, 0) is 9.59 Å². The molecule has 8 atom stereocenters. The van der Waals surface area contributed by atoms with Crippen LogP contribution in [0, 0.1) is 58.2 Å². The van der Waals surface area contributed by atoms with E-state index in [1.807, 2.05) is 0 Å². The Morgan fingerprint density at radius 3 is 1.50 bits per heavy atom. The van der Waals surface area contributed by atoms with Gasteiger partial charge in [0.25, 0.3) is 0 Å². The van der Waals surface area contributed by atoms with Gasteiger partial charge in [0.2, 0.25) is 11.8 Å². The van der Waals surface area contributed by atoms with Gasteiger partial charge in [-0.25, -0.2) is 0 Å². The molecule has 0 spiro atoms. The highest BCUT2D eigenvalue weighted by Gasteiger charge is 2.37. The summed E-state index contributed by atoms with van der Waals surface area (Å²) >= 11 is 0. The number of carbonyl (C=O) groups excluding carboxylic acids is 2. The fourth-order valence-corrected chi connectivity index (χ4v) is 6.12. The Bertz CT molecular complexity index is 942. The minimum atomic E-state index is -1.21. The summed E-state index contributed by atoms with van der Waals surface area (Å²) in [6, 6.07) is 4.27. The Balaban J connectivity index is 1.19. The van der Waals surface area contributed by atoms with Crippen LogP contribution < -0.4 is 10.6 Å². The van der Waals surface area contributed by atoms with Crippen molar-refractivity contribution in [3.63, 3.8) is 0 Å². The molecule has 2 saturated carbocycles. The number of nitrogens with one attached hydrogen (secondary N) is 2. The first-order valence-electron chi connectivity index (χ1n) is 13.4. The van der Waals surface area contributed by atoms with Crippen molar-refractivity contribution in [2.24, 2.45) is 45.7 Å². The summed E-state index contributed by atoms with van der Waals surface area (Å²) in [6.45, 7) is 4.59. The molecular weight excluding hydrogens is 452 g/mol. The summed E-state index contributed by atoms with van der Waals surface area (Å²) in [6.07, 6.45) is 14.5. The summed E-state index contributed by atoms with van der Waals surface area (Å²) in [5.41, 5.74) is -2.41. The van der Waals surface area contributed by atoms with Gasteiger partial charge in [-0.05, 0) is 87.9 Å². The molecule has 4 rings (SSSR count). The lowest BCUT2D eigenvalue weighted by molar-refractivity contribution is -0.122. The van der Waals surface area contributed by atoms with Gasteiger partial charge in [-0.15, -0.1) is 0 Å². The van der Waals surface area contributed by atoms with Gasteiger partial charge in [0.15, 0.2) is 11.1 Å². The summed E-state index contributed by atoms with van der Waals surface area (Å²) < 4.78 is 0. The van der Waals surface area contributed by atoms with Crippen molar-refractivity contribution in [3.05, 3.63) is 24.3 Å². The highest BCUT2D eigenvalue weighted by molar-refractivity contribution is 5.76. The number of hydrogen-bond donors (Lipinski definition) is 2. The van der Waals surface area contributed by atoms with Crippen molar-refractivity contribution in [1.29, 1.82) is 10.5 Å². The molecule has 2 N–H and O–H groups in total. The molecule has 0 aromatic heterocycles. The number of nitrogens with zero attached hydrogens (tertiary/aromatic N) is 4. The second kappa shape index (κ2) is 10.9. The van der Waals surface area contributed by atoms with E-state index in [-0.39, 0.29) is 37.5 Å². The average molecular weight is 491 g/mol. The monoisotopic (exact) mass is 490 g/mol. The normalized spacial score (nSPS) is 32.7. The third-order valence-electron chi connectivity index (χ3n) is 8.61. The van der Waals surface area contributed by atoms with E-state index in [0.29, 0.717) is 48.6 Å². The van der Waals surface area contributed by atoms with E-state index in [4.69, 9.17) is 0 Å². The van der Waals surface area contributed by atoms with Gasteiger partial charge < -0.3 is 10.6 Å². The number of amides is 2.